The highest BCUT2D eigenvalue weighted by atomic mass is 16.2. The number of carbonyl (C=O) groups excluding carboxylic acids is 1. The van der Waals surface area contributed by atoms with Gasteiger partial charge in [-0.15, -0.1) is 0 Å². The number of nitrogens with zero attached hydrogens (tertiary/aromatic N) is 2. The molecular weight excluding hydrogens is 230 g/mol. The van der Waals surface area contributed by atoms with Crippen LogP contribution in [0.2, 0.25) is 0 Å². The summed E-state index contributed by atoms with van der Waals surface area (Å²) in [6.07, 6.45) is 0. The van der Waals surface area contributed by atoms with Gasteiger partial charge in [-0.3, -0.25) is 14.2 Å². The number of hydrogen-bond donors (Lipinski definition) is 1. The van der Waals surface area contributed by atoms with Crippen LogP contribution < -0.4 is 10.9 Å². The number of carbonyl (C=O) groups is 1. The van der Waals surface area contributed by atoms with Crippen LogP contribution in [0.3, 0.4) is 0 Å². The summed E-state index contributed by atoms with van der Waals surface area (Å²) in [4.78, 5) is 28.7. The van der Waals surface area contributed by atoms with Crippen LogP contribution in [0.5, 0.6) is 0 Å². The third kappa shape index (κ3) is 1.37. The normalized spacial score (nSPS) is 22.7. The zero-order valence-electron chi connectivity index (χ0n) is 10.2. The minimum absolute atomic E-state index is 0.144. The lowest BCUT2D eigenvalue weighted by Gasteiger charge is -2.29. The summed E-state index contributed by atoms with van der Waals surface area (Å²) in [5.41, 5.74) is 0.522. The number of para-hydroxylation sites is 1. The monoisotopic (exact) mass is 243 g/mol. The van der Waals surface area contributed by atoms with Gasteiger partial charge in [0.2, 0.25) is 5.91 Å². The molecule has 0 saturated carbocycles. The van der Waals surface area contributed by atoms with Crippen LogP contribution in [0.4, 0.5) is 0 Å². The van der Waals surface area contributed by atoms with Gasteiger partial charge in [0, 0.05) is 0 Å². The highest BCUT2D eigenvalue weighted by Crippen LogP contribution is 2.21. The molecule has 0 saturated heterocycles. The van der Waals surface area contributed by atoms with Gasteiger partial charge in [0.25, 0.3) is 5.56 Å². The lowest BCUT2D eigenvalue weighted by atomic mass is 10.1. The second kappa shape index (κ2) is 3.66. The van der Waals surface area contributed by atoms with E-state index in [1.807, 2.05) is 19.1 Å². The van der Waals surface area contributed by atoms with Gasteiger partial charge < -0.3 is 5.32 Å². The molecule has 1 amide bonds. The van der Waals surface area contributed by atoms with Gasteiger partial charge >= 0.3 is 0 Å². The lowest BCUT2D eigenvalue weighted by Crippen LogP contribution is -2.45. The van der Waals surface area contributed by atoms with Gasteiger partial charge in [0.1, 0.15) is 11.9 Å². The molecular formula is C13H13N3O2. The van der Waals surface area contributed by atoms with Crippen molar-refractivity contribution in [2.24, 2.45) is 0 Å². The van der Waals surface area contributed by atoms with E-state index in [1.165, 1.54) is 4.57 Å². The summed E-state index contributed by atoms with van der Waals surface area (Å²) in [5.74, 6) is 0.472. The second-order valence-corrected chi connectivity index (χ2v) is 4.57. The van der Waals surface area contributed by atoms with Gasteiger partial charge in [0.15, 0.2) is 0 Å². The second-order valence-electron chi connectivity index (χ2n) is 4.57. The zero-order chi connectivity index (χ0) is 12.9. The van der Waals surface area contributed by atoms with Crippen LogP contribution in [0.1, 0.15) is 31.8 Å². The van der Waals surface area contributed by atoms with Crippen molar-refractivity contribution in [3.05, 3.63) is 40.4 Å². The van der Waals surface area contributed by atoms with Crippen LogP contribution in [-0.4, -0.2) is 15.5 Å². The smallest absolute Gasteiger partial charge is 0.262 e. The number of fused-ring (bicyclic) bond motifs is 2. The Labute approximate surface area is 103 Å². The van der Waals surface area contributed by atoms with Gasteiger partial charge in [-0.2, -0.15) is 0 Å². The average Bonchev–Trinajstić information content (AvgIpc) is 2.36. The topological polar surface area (TPSA) is 64.0 Å². The van der Waals surface area contributed by atoms with Crippen LogP contribution in [0, 0.1) is 0 Å². The molecule has 5 nitrogen and oxygen atoms in total. The minimum atomic E-state index is -0.513. The van der Waals surface area contributed by atoms with Gasteiger partial charge in [-0.05, 0) is 26.0 Å². The molecule has 0 bridgehead atoms. The first-order chi connectivity index (χ1) is 8.59. The average molecular weight is 243 g/mol. The molecule has 0 aliphatic carbocycles. The Balaban J connectivity index is 2.43. The van der Waals surface area contributed by atoms with E-state index in [4.69, 9.17) is 0 Å². The molecule has 0 spiro atoms. The molecule has 5 heteroatoms. The molecule has 1 aromatic carbocycles. The molecule has 18 heavy (non-hydrogen) atoms. The predicted molar refractivity (Wildman–Crippen MR) is 67.3 cm³/mol. The molecule has 92 valence electrons. The van der Waals surface area contributed by atoms with E-state index in [1.54, 1.807) is 19.1 Å². The van der Waals surface area contributed by atoms with Crippen molar-refractivity contribution in [3.8, 4) is 0 Å². The number of rotatable bonds is 0. The highest BCUT2D eigenvalue weighted by molar-refractivity contribution is 5.83. The van der Waals surface area contributed by atoms with Crippen LogP contribution in [0.25, 0.3) is 10.9 Å². The van der Waals surface area contributed by atoms with E-state index in [0.29, 0.717) is 16.7 Å². The van der Waals surface area contributed by atoms with E-state index in [-0.39, 0.29) is 17.5 Å². The van der Waals surface area contributed by atoms with E-state index in [2.05, 4.69) is 10.3 Å². The van der Waals surface area contributed by atoms with E-state index < -0.39 is 6.04 Å². The molecule has 2 aromatic rings. The third-order valence-electron chi connectivity index (χ3n) is 3.35. The molecule has 1 aliphatic rings. The molecule has 0 fully saturated rings. The molecule has 2 atom stereocenters. The fourth-order valence-corrected chi connectivity index (χ4v) is 2.36. The Kier molecular flexibility index (Phi) is 2.23. The minimum Gasteiger partial charge on any atom is -0.345 e. The van der Waals surface area contributed by atoms with Crippen molar-refractivity contribution in [1.82, 2.24) is 14.9 Å². The fraction of sp³-hybridized carbons (Fsp3) is 0.308. The predicted octanol–water partition coefficient (Wildman–Crippen LogP) is 1.15. The molecule has 2 heterocycles. The summed E-state index contributed by atoms with van der Waals surface area (Å²) in [6.45, 7) is 3.54. The van der Waals surface area contributed by atoms with Crippen molar-refractivity contribution in [1.29, 1.82) is 0 Å². The van der Waals surface area contributed by atoms with Crippen molar-refractivity contribution < 1.29 is 4.79 Å². The Morgan fingerprint density at radius 2 is 1.94 bits per heavy atom. The van der Waals surface area contributed by atoms with E-state index in [9.17, 15) is 9.59 Å². The third-order valence-corrected chi connectivity index (χ3v) is 3.35. The maximum Gasteiger partial charge on any atom is 0.262 e. The number of nitrogens with one attached hydrogen (secondary N) is 1. The summed E-state index contributed by atoms with van der Waals surface area (Å²) in [6, 6.07) is 6.44. The van der Waals surface area contributed by atoms with Gasteiger partial charge in [-0.25, -0.2) is 4.98 Å². The molecule has 0 unspecified atom stereocenters. The summed E-state index contributed by atoms with van der Waals surface area (Å²) >= 11 is 0. The maximum absolute atomic E-state index is 12.4. The molecule has 3 rings (SSSR count). The number of hydrogen-bond acceptors (Lipinski definition) is 3. The van der Waals surface area contributed by atoms with Gasteiger partial charge in [-0.1, -0.05) is 12.1 Å². The first-order valence-corrected chi connectivity index (χ1v) is 5.91. The Morgan fingerprint density at radius 3 is 2.72 bits per heavy atom. The van der Waals surface area contributed by atoms with Crippen molar-refractivity contribution in [2.45, 2.75) is 25.9 Å². The SMILES string of the molecule is C[C@@H]1NC(=O)[C@@H](C)n2c1nc1ccccc1c2=O. The van der Waals surface area contributed by atoms with Crippen LogP contribution in [-0.2, 0) is 4.79 Å². The Hall–Kier alpha value is -2.17. The number of benzene rings is 1. The largest absolute Gasteiger partial charge is 0.345 e. The van der Waals surface area contributed by atoms with Crippen LogP contribution in [0.15, 0.2) is 29.1 Å². The highest BCUT2D eigenvalue weighted by Gasteiger charge is 2.30. The lowest BCUT2D eigenvalue weighted by molar-refractivity contribution is -0.125. The molecule has 0 radical (unpaired) electrons. The molecule has 1 aliphatic heterocycles. The summed E-state index contributed by atoms with van der Waals surface area (Å²) in [5, 5.41) is 3.37. The van der Waals surface area contributed by atoms with E-state index >= 15 is 0 Å². The standard InChI is InChI=1S/C13H13N3O2/c1-7-11-15-10-6-4-3-5-9(10)13(18)16(11)8(2)12(17)14-7/h3-8H,1-2H3,(H,14,17)/t7-,8+/m0/s1. The number of amides is 1. The van der Waals surface area contributed by atoms with E-state index in [0.717, 1.165) is 0 Å². The first-order valence-electron chi connectivity index (χ1n) is 5.91. The fourth-order valence-electron chi connectivity index (χ4n) is 2.36. The molecule has 1 aromatic heterocycles. The summed E-state index contributed by atoms with van der Waals surface area (Å²) < 4.78 is 1.49. The van der Waals surface area contributed by atoms with Crippen molar-refractivity contribution in [2.75, 3.05) is 0 Å². The summed E-state index contributed by atoms with van der Waals surface area (Å²) in [7, 11) is 0. The van der Waals surface area contributed by atoms with Crippen molar-refractivity contribution >= 4 is 16.8 Å². The zero-order valence-corrected chi connectivity index (χ0v) is 10.2. The maximum atomic E-state index is 12.4. The van der Waals surface area contributed by atoms with Gasteiger partial charge in [0.05, 0.1) is 16.9 Å². The Bertz CT molecular complexity index is 705. The van der Waals surface area contributed by atoms with Crippen LogP contribution >= 0.6 is 0 Å². The Morgan fingerprint density at radius 1 is 1.22 bits per heavy atom. The quantitative estimate of drug-likeness (QED) is 0.754. The van der Waals surface area contributed by atoms with Crippen molar-refractivity contribution in [3.63, 3.8) is 0 Å². The molecule has 1 N–H and O–H groups in total. The number of aromatic nitrogens is 2. The first kappa shape index (κ1) is 11.0.